The molecule has 12 heavy (non-hydrogen) atoms. The summed E-state index contributed by atoms with van der Waals surface area (Å²) in [7, 11) is 0. The molecule has 1 rings (SSSR count). The molecule has 66 valence electrons. The molecule has 0 spiro atoms. The molecule has 0 aliphatic heterocycles. The third-order valence-corrected chi connectivity index (χ3v) is 1.69. The number of oxazole rings is 1. The second-order valence-corrected chi connectivity index (χ2v) is 2.58. The quantitative estimate of drug-likeness (QED) is 0.745. The fourth-order valence-corrected chi connectivity index (χ4v) is 1.04. The van der Waals surface area contributed by atoms with Crippen molar-refractivity contribution >= 4 is 5.97 Å². The van der Waals surface area contributed by atoms with E-state index in [1.165, 1.54) is 6.20 Å². The molecule has 0 aliphatic carbocycles. The Bertz CT molecular complexity index is 280. The maximum Gasteiger partial charge on any atom is 0.314 e. The molecule has 4 heteroatoms. The number of aryl methyl sites for hydroxylation is 1. The van der Waals surface area contributed by atoms with E-state index >= 15 is 0 Å². The normalized spacial score (nSPS) is 12.8. The fourth-order valence-electron chi connectivity index (χ4n) is 1.04. The largest absolute Gasteiger partial charge is 0.481 e. The molecule has 0 saturated carbocycles. The van der Waals surface area contributed by atoms with Gasteiger partial charge in [-0.05, 0) is 6.42 Å². The van der Waals surface area contributed by atoms with Crippen LogP contribution in [0.15, 0.2) is 10.6 Å². The monoisotopic (exact) mass is 169 g/mol. The van der Waals surface area contributed by atoms with E-state index in [4.69, 9.17) is 9.52 Å². The van der Waals surface area contributed by atoms with Crippen LogP contribution in [0.25, 0.3) is 0 Å². The highest BCUT2D eigenvalue weighted by atomic mass is 16.4. The number of carbonyl (C=O) groups is 1. The van der Waals surface area contributed by atoms with Crippen molar-refractivity contribution in [2.24, 2.45) is 0 Å². The predicted molar refractivity (Wildman–Crippen MR) is 41.9 cm³/mol. The zero-order valence-corrected chi connectivity index (χ0v) is 7.07. The molecule has 1 aromatic rings. The molecule has 0 bridgehead atoms. The molecule has 0 saturated heterocycles. The Balaban J connectivity index is 2.87. The second kappa shape index (κ2) is 3.38. The first-order valence-electron chi connectivity index (χ1n) is 3.80. The van der Waals surface area contributed by atoms with Crippen molar-refractivity contribution in [3.05, 3.63) is 17.8 Å². The van der Waals surface area contributed by atoms with Crippen molar-refractivity contribution in [3.8, 4) is 0 Å². The summed E-state index contributed by atoms with van der Waals surface area (Å²) in [5.74, 6) is -0.493. The van der Waals surface area contributed by atoms with Crippen molar-refractivity contribution < 1.29 is 14.3 Å². The van der Waals surface area contributed by atoms with Crippen LogP contribution in [0.5, 0.6) is 0 Å². The van der Waals surface area contributed by atoms with Crippen molar-refractivity contribution in [2.45, 2.75) is 26.2 Å². The molecule has 0 aliphatic rings. The summed E-state index contributed by atoms with van der Waals surface area (Å²) in [6.07, 6.45) is 1.99. The van der Waals surface area contributed by atoms with E-state index in [2.05, 4.69) is 4.98 Å². The first-order chi connectivity index (χ1) is 5.65. The van der Waals surface area contributed by atoms with Crippen molar-refractivity contribution in [1.82, 2.24) is 4.98 Å². The molecular formula is C8H11NO3. The highest BCUT2D eigenvalue weighted by molar-refractivity contribution is 5.74. The van der Waals surface area contributed by atoms with Gasteiger partial charge < -0.3 is 9.52 Å². The lowest BCUT2D eigenvalue weighted by molar-refractivity contribution is -0.139. The number of aromatic nitrogens is 1. The third kappa shape index (κ3) is 1.64. The van der Waals surface area contributed by atoms with Gasteiger partial charge in [-0.15, -0.1) is 0 Å². The second-order valence-electron chi connectivity index (χ2n) is 2.58. The van der Waals surface area contributed by atoms with Gasteiger partial charge in [-0.25, -0.2) is 4.98 Å². The Kier molecular flexibility index (Phi) is 2.47. The maximum absolute atomic E-state index is 10.7. The van der Waals surface area contributed by atoms with Gasteiger partial charge in [0.1, 0.15) is 11.7 Å². The lowest BCUT2D eigenvalue weighted by Crippen LogP contribution is -2.09. The van der Waals surface area contributed by atoms with Gasteiger partial charge in [-0.2, -0.15) is 0 Å². The van der Waals surface area contributed by atoms with Gasteiger partial charge in [0.25, 0.3) is 0 Å². The third-order valence-electron chi connectivity index (χ3n) is 1.69. The van der Waals surface area contributed by atoms with E-state index in [0.29, 0.717) is 18.1 Å². The number of hydrogen-bond acceptors (Lipinski definition) is 3. The number of aliphatic carboxylic acids is 1. The molecule has 0 amide bonds. The molecule has 1 N–H and O–H groups in total. The first kappa shape index (κ1) is 8.77. The van der Waals surface area contributed by atoms with Crippen molar-refractivity contribution in [2.75, 3.05) is 0 Å². The molecule has 4 nitrogen and oxygen atoms in total. The van der Waals surface area contributed by atoms with Gasteiger partial charge in [-0.1, -0.05) is 6.92 Å². The van der Waals surface area contributed by atoms with Crippen LogP contribution < -0.4 is 0 Å². The lowest BCUT2D eigenvalue weighted by Gasteiger charge is -2.03. The van der Waals surface area contributed by atoms with E-state index in [1.807, 2.05) is 0 Å². The van der Waals surface area contributed by atoms with Crippen LogP contribution in [0.2, 0.25) is 0 Å². The summed E-state index contributed by atoms with van der Waals surface area (Å²) in [6, 6.07) is 0. The highest BCUT2D eigenvalue weighted by Crippen LogP contribution is 2.19. The summed E-state index contributed by atoms with van der Waals surface area (Å²) >= 11 is 0. The predicted octanol–water partition coefficient (Wildman–Crippen LogP) is 1.56. The maximum atomic E-state index is 10.7. The molecule has 1 unspecified atom stereocenters. The molecule has 1 aromatic heterocycles. The standard InChI is InChI=1S/C8H11NO3/c1-3-6(8(10)11)7-4-9-5(2)12-7/h4,6H,3H2,1-2H3,(H,10,11). The van der Waals surface area contributed by atoms with E-state index in [-0.39, 0.29) is 0 Å². The van der Waals surface area contributed by atoms with Gasteiger partial charge in [-0.3, -0.25) is 4.79 Å². The van der Waals surface area contributed by atoms with Gasteiger partial charge in [0.05, 0.1) is 6.20 Å². The average molecular weight is 169 g/mol. The minimum Gasteiger partial charge on any atom is -0.481 e. The molecule has 0 fully saturated rings. The topological polar surface area (TPSA) is 63.3 Å². The van der Waals surface area contributed by atoms with Gasteiger partial charge in [0.15, 0.2) is 5.89 Å². The summed E-state index contributed by atoms with van der Waals surface area (Å²) in [6.45, 7) is 3.49. The summed E-state index contributed by atoms with van der Waals surface area (Å²) in [4.78, 5) is 14.5. The van der Waals surface area contributed by atoms with E-state index in [0.717, 1.165) is 0 Å². The number of rotatable bonds is 3. The Hall–Kier alpha value is -1.32. The zero-order chi connectivity index (χ0) is 9.14. The minimum absolute atomic E-state index is 0.433. The van der Waals surface area contributed by atoms with Crippen LogP contribution in [0.3, 0.4) is 0 Å². The van der Waals surface area contributed by atoms with E-state index in [1.54, 1.807) is 13.8 Å². The number of carboxylic acids is 1. The van der Waals surface area contributed by atoms with Crippen LogP contribution in [-0.2, 0) is 4.79 Å². The fraction of sp³-hybridized carbons (Fsp3) is 0.500. The Labute approximate surface area is 70.2 Å². The van der Waals surface area contributed by atoms with E-state index in [9.17, 15) is 4.79 Å². The summed E-state index contributed by atoms with van der Waals surface area (Å²) < 4.78 is 5.11. The van der Waals surface area contributed by atoms with Crippen LogP contribution in [0, 0.1) is 6.92 Å². The minimum atomic E-state index is -0.867. The number of hydrogen-bond donors (Lipinski definition) is 1. The SMILES string of the molecule is CCC(C(=O)O)c1cnc(C)o1. The van der Waals surface area contributed by atoms with Crippen LogP contribution in [0.1, 0.15) is 30.9 Å². The summed E-state index contributed by atoms with van der Waals surface area (Å²) in [5, 5.41) is 8.75. The summed E-state index contributed by atoms with van der Waals surface area (Å²) in [5.41, 5.74) is 0. The Morgan fingerprint density at radius 1 is 1.83 bits per heavy atom. The highest BCUT2D eigenvalue weighted by Gasteiger charge is 2.21. The van der Waals surface area contributed by atoms with Gasteiger partial charge in [0, 0.05) is 6.92 Å². The molecular weight excluding hydrogens is 158 g/mol. The van der Waals surface area contributed by atoms with Crippen LogP contribution in [-0.4, -0.2) is 16.1 Å². The smallest absolute Gasteiger partial charge is 0.314 e. The number of carboxylic acid groups (broad SMARTS) is 1. The van der Waals surface area contributed by atoms with Crippen molar-refractivity contribution in [1.29, 1.82) is 0 Å². The molecule has 1 atom stereocenters. The first-order valence-corrected chi connectivity index (χ1v) is 3.80. The van der Waals surface area contributed by atoms with Crippen LogP contribution >= 0.6 is 0 Å². The lowest BCUT2D eigenvalue weighted by atomic mass is 10.1. The zero-order valence-electron chi connectivity index (χ0n) is 7.07. The average Bonchev–Trinajstić information content (AvgIpc) is 2.37. The van der Waals surface area contributed by atoms with E-state index < -0.39 is 11.9 Å². The Morgan fingerprint density at radius 2 is 2.50 bits per heavy atom. The number of nitrogens with zero attached hydrogens (tertiary/aromatic N) is 1. The molecule has 1 heterocycles. The van der Waals surface area contributed by atoms with Crippen LogP contribution in [0.4, 0.5) is 0 Å². The van der Waals surface area contributed by atoms with Gasteiger partial charge in [0.2, 0.25) is 0 Å². The van der Waals surface area contributed by atoms with Crippen molar-refractivity contribution in [3.63, 3.8) is 0 Å². The Morgan fingerprint density at radius 3 is 2.83 bits per heavy atom. The van der Waals surface area contributed by atoms with Gasteiger partial charge >= 0.3 is 5.97 Å². The molecule has 0 radical (unpaired) electrons. The molecule has 0 aromatic carbocycles.